The molecule has 1 aromatic rings. The fraction of sp³-hybridized carbons (Fsp3) is 0.588. The summed E-state index contributed by atoms with van der Waals surface area (Å²) in [6.07, 6.45) is 2.74. The molecule has 1 aliphatic rings. The van der Waals surface area contributed by atoms with E-state index in [1.54, 1.807) is 27.7 Å². The predicted molar refractivity (Wildman–Crippen MR) is 84.9 cm³/mol. The summed E-state index contributed by atoms with van der Waals surface area (Å²) in [5.41, 5.74) is -1.65. The number of pyridine rings is 1. The van der Waals surface area contributed by atoms with Gasteiger partial charge in [-0.15, -0.1) is 0 Å². The van der Waals surface area contributed by atoms with Crippen molar-refractivity contribution >= 4 is 12.1 Å². The maximum atomic E-state index is 13.5. The Bertz CT molecular complexity index is 644. The number of amides is 1. The van der Waals surface area contributed by atoms with E-state index in [0.29, 0.717) is 12.0 Å². The second kappa shape index (κ2) is 6.37. The number of nitrogens with zero attached hydrogens (tertiary/aromatic N) is 2. The molecule has 2 heterocycles. The highest BCUT2D eigenvalue weighted by atomic mass is 19.1. The number of hydrogen-bond acceptors (Lipinski definition) is 4. The van der Waals surface area contributed by atoms with Crippen LogP contribution in [0, 0.1) is 5.82 Å². The summed E-state index contributed by atoms with van der Waals surface area (Å²) < 4.78 is 19.0. The van der Waals surface area contributed by atoms with Crippen LogP contribution < -0.4 is 0 Å². The normalized spacial score (nSPS) is 24.0. The van der Waals surface area contributed by atoms with Gasteiger partial charge in [-0.3, -0.25) is 9.88 Å². The lowest BCUT2D eigenvalue weighted by Gasteiger charge is -2.38. The van der Waals surface area contributed by atoms with Gasteiger partial charge in [0.2, 0.25) is 0 Å². The van der Waals surface area contributed by atoms with Crippen molar-refractivity contribution in [3.63, 3.8) is 0 Å². The maximum Gasteiger partial charge on any atom is 0.411 e. The quantitative estimate of drug-likeness (QED) is 0.912. The number of carbonyl (C=O) groups excluding carboxylic acids is 1. The Hall–Kier alpha value is -2.18. The van der Waals surface area contributed by atoms with Crippen LogP contribution >= 0.6 is 0 Å². The largest absolute Gasteiger partial charge is 0.479 e. The topological polar surface area (TPSA) is 79.7 Å². The highest BCUT2D eigenvalue weighted by molar-refractivity contribution is 5.85. The van der Waals surface area contributed by atoms with Gasteiger partial charge in [0, 0.05) is 6.20 Å². The van der Waals surface area contributed by atoms with E-state index in [2.05, 4.69) is 4.98 Å². The first-order valence-electron chi connectivity index (χ1n) is 7.97. The minimum Gasteiger partial charge on any atom is -0.479 e. The molecule has 0 spiro atoms. The zero-order chi connectivity index (χ0) is 18.1. The fourth-order valence-electron chi connectivity index (χ4n) is 3.17. The number of aliphatic carboxylic acids is 1. The van der Waals surface area contributed by atoms with E-state index in [4.69, 9.17) is 4.74 Å². The molecular weight excluding hydrogens is 315 g/mol. The monoisotopic (exact) mass is 338 g/mol. The molecule has 7 heteroatoms. The molecule has 0 unspecified atom stereocenters. The molecule has 1 amide bonds. The van der Waals surface area contributed by atoms with Crippen molar-refractivity contribution in [3.05, 3.63) is 29.8 Å². The van der Waals surface area contributed by atoms with E-state index in [1.807, 2.05) is 0 Å². The molecule has 1 fully saturated rings. The summed E-state index contributed by atoms with van der Waals surface area (Å²) in [5, 5.41) is 9.76. The molecule has 0 aromatic carbocycles. The summed E-state index contributed by atoms with van der Waals surface area (Å²) in [5.74, 6) is -1.61. The Kier molecular flexibility index (Phi) is 4.82. The van der Waals surface area contributed by atoms with E-state index in [1.165, 1.54) is 17.2 Å². The molecule has 1 aromatic heterocycles. The van der Waals surface area contributed by atoms with Crippen LogP contribution in [0.2, 0.25) is 0 Å². The number of rotatable bonds is 3. The number of carboxylic acid groups (broad SMARTS) is 1. The molecule has 0 aliphatic carbocycles. The Morgan fingerprint density at radius 3 is 2.62 bits per heavy atom. The standard InChI is InChI=1S/C17H23FN2O4/c1-5-17(14(21)22)7-6-13(11-8-12(18)10-19-9-11)20(17)15(23)24-16(2,3)4/h8-10,13H,5-7H2,1-4H3,(H,21,22)/t13-,17+/m1/s1. The van der Waals surface area contributed by atoms with Crippen LogP contribution in [0.15, 0.2) is 18.5 Å². The first kappa shape index (κ1) is 18.2. The fourth-order valence-corrected chi connectivity index (χ4v) is 3.17. The van der Waals surface area contributed by atoms with Crippen molar-refractivity contribution in [1.29, 1.82) is 0 Å². The molecule has 2 atom stereocenters. The van der Waals surface area contributed by atoms with Gasteiger partial charge in [-0.05, 0) is 51.7 Å². The number of hydrogen-bond donors (Lipinski definition) is 1. The SMILES string of the molecule is CC[C@@]1(C(=O)O)CC[C@H](c2cncc(F)c2)N1C(=O)OC(C)(C)C. The number of ether oxygens (including phenoxy) is 1. The van der Waals surface area contributed by atoms with Crippen molar-refractivity contribution in [3.8, 4) is 0 Å². The number of likely N-dealkylation sites (tertiary alicyclic amines) is 1. The van der Waals surface area contributed by atoms with Gasteiger partial charge >= 0.3 is 12.1 Å². The van der Waals surface area contributed by atoms with Crippen molar-refractivity contribution in [2.24, 2.45) is 0 Å². The van der Waals surface area contributed by atoms with Crippen molar-refractivity contribution in [1.82, 2.24) is 9.88 Å². The lowest BCUT2D eigenvalue weighted by atomic mass is 9.93. The average molecular weight is 338 g/mol. The molecule has 1 saturated heterocycles. The first-order valence-corrected chi connectivity index (χ1v) is 7.97. The summed E-state index contributed by atoms with van der Waals surface area (Å²) in [6, 6.07) is 0.696. The zero-order valence-electron chi connectivity index (χ0n) is 14.4. The Morgan fingerprint density at radius 2 is 2.12 bits per heavy atom. The second-order valence-electron chi connectivity index (χ2n) is 7.03. The number of aromatic nitrogens is 1. The minimum absolute atomic E-state index is 0.237. The Morgan fingerprint density at radius 1 is 1.46 bits per heavy atom. The van der Waals surface area contributed by atoms with Gasteiger partial charge < -0.3 is 9.84 Å². The maximum absolute atomic E-state index is 13.5. The average Bonchev–Trinajstić information content (AvgIpc) is 2.86. The van der Waals surface area contributed by atoms with Crippen LogP contribution in [-0.2, 0) is 9.53 Å². The number of carbonyl (C=O) groups is 2. The van der Waals surface area contributed by atoms with E-state index in [0.717, 1.165) is 6.20 Å². The molecule has 132 valence electrons. The van der Waals surface area contributed by atoms with Crippen molar-refractivity contribution in [2.75, 3.05) is 0 Å². The van der Waals surface area contributed by atoms with Gasteiger partial charge in [0.1, 0.15) is 17.0 Å². The molecular formula is C17H23FN2O4. The summed E-state index contributed by atoms with van der Waals surface area (Å²) in [6.45, 7) is 6.87. The van der Waals surface area contributed by atoms with Gasteiger partial charge in [-0.1, -0.05) is 6.92 Å². The van der Waals surface area contributed by atoms with Gasteiger partial charge in [0.05, 0.1) is 12.2 Å². The lowest BCUT2D eigenvalue weighted by Crippen LogP contribution is -2.54. The van der Waals surface area contributed by atoms with Crippen LogP contribution in [0.4, 0.5) is 9.18 Å². The first-order chi connectivity index (χ1) is 11.1. The molecule has 1 N–H and O–H groups in total. The third-order valence-electron chi connectivity index (χ3n) is 4.29. The lowest BCUT2D eigenvalue weighted by molar-refractivity contribution is -0.150. The highest BCUT2D eigenvalue weighted by Gasteiger charge is 2.54. The van der Waals surface area contributed by atoms with Crippen LogP contribution in [-0.4, -0.2) is 38.2 Å². The summed E-state index contributed by atoms with van der Waals surface area (Å²) in [4.78, 5) is 29.7. The van der Waals surface area contributed by atoms with Gasteiger partial charge in [-0.2, -0.15) is 0 Å². The van der Waals surface area contributed by atoms with E-state index < -0.39 is 35.1 Å². The smallest absolute Gasteiger partial charge is 0.411 e. The van der Waals surface area contributed by atoms with E-state index in [9.17, 15) is 19.1 Å². The minimum atomic E-state index is -1.36. The molecule has 0 bridgehead atoms. The second-order valence-corrected chi connectivity index (χ2v) is 7.03. The molecule has 0 saturated carbocycles. The van der Waals surface area contributed by atoms with Gasteiger partial charge in [0.25, 0.3) is 0 Å². The third-order valence-corrected chi connectivity index (χ3v) is 4.29. The van der Waals surface area contributed by atoms with E-state index in [-0.39, 0.29) is 12.8 Å². The summed E-state index contributed by atoms with van der Waals surface area (Å²) in [7, 11) is 0. The molecule has 0 radical (unpaired) electrons. The van der Waals surface area contributed by atoms with Crippen LogP contribution in [0.5, 0.6) is 0 Å². The third kappa shape index (κ3) is 3.34. The summed E-state index contributed by atoms with van der Waals surface area (Å²) >= 11 is 0. The molecule has 24 heavy (non-hydrogen) atoms. The van der Waals surface area contributed by atoms with E-state index >= 15 is 0 Å². The van der Waals surface area contributed by atoms with Crippen molar-refractivity contribution in [2.45, 2.75) is 64.1 Å². The van der Waals surface area contributed by atoms with Gasteiger partial charge in [-0.25, -0.2) is 14.0 Å². The van der Waals surface area contributed by atoms with Crippen LogP contribution in [0.3, 0.4) is 0 Å². The Balaban J connectivity index is 2.47. The van der Waals surface area contributed by atoms with Crippen molar-refractivity contribution < 1.29 is 23.8 Å². The molecule has 1 aliphatic heterocycles. The van der Waals surface area contributed by atoms with Crippen LogP contribution in [0.25, 0.3) is 0 Å². The zero-order valence-corrected chi connectivity index (χ0v) is 14.4. The molecule has 2 rings (SSSR count). The number of halogens is 1. The highest BCUT2D eigenvalue weighted by Crippen LogP contribution is 2.45. The number of carboxylic acids is 1. The Labute approximate surface area is 140 Å². The molecule has 6 nitrogen and oxygen atoms in total. The van der Waals surface area contributed by atoms with Crippen LogP contribution in [0.1, 0.15) is 58.6 Å². The van der Waals surface area contributed by atoms with Gasteiger partial charge in [0.15, 0.2) is 0 Å². The predicted octanol–water partition coefficient (Wildman–Crippen LogP) is 3.53.